The Labute approximate surface area is 99.9 Å². The van der Waals surface area contributed by atoms with Crippen LogP contribution < -0.4 is 5.32 Å². The van der Waals surface area contributed by atoms with Gasteiger partial charge in [0.2, 0.25) is 0 Å². The first-order valence-electron chi connectivity index (χ1n) is 6.77. The van der Waals surface area contributed by atoms with Crippen LogP contribution in [0.25, 0.3) is 0 Å². The van der Waals surface area contributed by atoms with Gasteiger partial charge in [0.25, 0.3) is 0 Å². The molecule has 0 aromatic carbocycles. The standard InChI is InChI=1S/C13H27NO2/c1-3-8-14-13(7-10-15-4-2)12-6-5-9-16-11-12/h12-14H,3-11H2,1-2H3. The van der Waals surface area contributed by atoms with Crippen LogP contribution in [-0.2, 0) is 9.47 Å². The summed E-state index contributed by atoms with van der Waals surface area (Å²) in [5.74, 6) is 0.681. The SMILES string of the molecule is CCCNC(CCOCC)C1CCCOC1. The summed E-state index contributed by atoms with van der Waals surface area (Å²) in [6, 6.07) is 0.576. The summed E-state index contributed by atoms with van der Waals surface area (Å²) in [7, 11) is 0. The summed E-state index contributed by atoms with van der Waals surface area (Å²) in [6.45, 7) is 8.93. The zero-order valence-corrected chi connectivity index (χ0v) is 10.8. The Morgan fingerprint density at radius 1 is 1.44 bits per heavy atom. The van der Waals surface area contributed by atoms with Crippen molar-refractivity contribution in [3.05, 3.63) is 0 Å². The fourth-order valence-corrected chi connectivity index (χ4v) is 2.27. The van der Waals surface area contributed by atoms with Gasteiger partial charge in [-0.3, -0.25) is 0 Å². The van der Waals surface area contributed by atoms with Crippen molar-refractivity contribution in [2.24, 2.45) is 5.92 Å². The first kappa shape index (κ1) is 13.9. The van der Waals surface area contributed by atoms with Crippen LogP contribution >= 0.6 is 0 Å². The zero-order chi connectivity index (χ0) is 11.6. The quantitative estimate of drug-likeness (QED) is 0.647. The Hall–Kier alpha value is -0.120. The summed E-state index contributed by atoms with van der Waals surface area (Å²) in [6.07, 6.45) is 4.82. The van der Waals surface area contributed by atoms with Crippen LogP contribution in [0.2, 0.25) is 0 Å². The van der Waals surface area contributed by atoms with Gasteiger partial charge in [-0.05, 0) is 45.1 Å². The largest absolute Gasteiger partial charge is 0.382 e. The molecule has 96 valence electrons. The van der Waals surface area contributed by atoms with E-state index in [2.05, 4.69) is 19.2 Å². The minimum absolute atomic E-state index is 0.576. The summed E-state index contributed by atoms with van der Waals surface area (Å²) in [5.41, 5.74) is 0. The highest BCUT2D eigenvalue weighted by Crippen LogP contribution is 2.19. The molecular formula is C13H27NO2. The van der Waals surface area contributed by atoms with Crippen LogP contribution in [0.4, 0.5) is 0 Å². The normalized spacial score (nSPS) is 23.2. The first-order chi connectivity index (χ1) is 7.88. The van der Waals surface area contributed by atoms with Gasteiger partial charge in [0.15, 0.2) is 0 Å². The molecule has 1 saturated heterocycles. The van der Waals surface area contributed by atoms with Gasteiger partial charge in [-0.1, -0.05) is 6.92 Å². The average Bonchev–Trinajstić information content (AvgIpc) is 2.35. The van der Waals surface area contributed by atoms with E-state index in [1.807, 2.05) is 0 Å². The minimum Gasteiger partial charge on any atom is -0.382 e. The Morgan fingerprint density at radius 2 is 2.31 bits per heavy atom. The molecule has 1 rings (SSSR count). The highest BCUT2D eigenvalue weighted by Gasteiger charge is 2.23. The monoisotopic (exact) mass is 229 g/mol. The van der Waals surface area contributed by atoms with Gasteiger partial charge < -0.3 is 14.8 Å². The molecule has 3 nitrogen and oxygen atoms in total. The van der Waals surface area contributed by atoms with E-state index >= 15 is 0 Å². The van der Waals surface area contributed by atoms with Crippen LogP contribution in [0.5, 0.6) is 0 Å². The van der Waals surface area contributed by atoms with Gasteiger partial charge in [-0.25, -0.2) is 0 Å². The van der Waals surface area contributed by atoms with Crippen LogP contribution in [0.15, 0.2) is 0 Å². The third-order valence-electron chi connectivity index (χ3n) is 3.20. The number of ether oxygens (including phenoxy) is 2. The third kappa shape index (κ3) is 5.28. The van der Waals surface area contributed by atoms with Crippen molar-refractivity contribution >= 4 is 0 Å². The molecule has 0 bridgehead atoms. The van der Waals surface area contributed by atoms with E-state index in [1.54, 1.807) is 0 Å². The highest BCUT2D eigenvalue weighted by molar-refractivity contribution is 4.78. The van der Waals surface area contributed by atoms with Crippen molar-refractivity contribution in [2.75, 3.05) is 33.0 Å². The second kappa shape index (κ2) is 8.97. The molecule has 1 fully saturated rings. The van der Waals surface area contributed by atoms with E-state index in [9.17, 15) is 0 Å². The van der Waals surface area contributed by atoms with Gasteiger partial charge >= 0.3 is 0 Å². The second-order valence-electron chi connectivity index (χ2n) is 4.52. The molecule has 2 atom stereocenters. The van der Waals surface area contributed by atoms with Gasteiger partial charge in [0, 0.05) is 25.9 Å². The van der Waals surface area contributed by atoms with Crippen molar-refractivity contribution < 1.29 is 9.47 Å². The van der Waals surface area contributed by atoms with Crippen LogP contribution in [0, 0.1) is 5.92 Å². The topological polar surface area (TPSA) is 30.5 Å². The Kier molecular flexibility index (Phi) is 7.81. The molecule has 1 heterocycles. The molecule has 1 aliphatic heterocycles. The van der Waals surface area contributed by atoms with Crippen LogP contribution in [0.1, 0.15) is 39.5 Å². The van der Waals surface area contributed by atoms with E-state index in [4.69, 9.17) is 9.47 Å². The molecule has 1 N–H and O–H groups in total. The van der Waals surface area contributed by atoms with Gasteiger partial charge in [-0.2, -0.15) is 0 Å². The van der Waals surface area contributed by atoms with E-state index in [0.29, 0.717) is 12.0 Å². The van der Waals surface area contributed by atoms with Crippen molar-refractivity contribution in [1.82, 2.24) is 5.32 Å². The number of rotatable bonds is 8. The highest BCUT2D eigenvalue weighted by atomic mass is 16.5. The molecule has 0 aromatic rings. The van der Waals surface area contributed by atoms with E-state index in [-0.39, 0.29) is 0 Å². The number of nitrogens with one attached hydrogen (secondary N) is 1. The van der Waals surface area contributed by atoms with E-state index in [1.165, 1.54) is 19.3 Å². The molecule has 3 heteroatoms. The van der Waals surface area contributed by atoms with Crippen molar-refractivity contribution in [3.63, 3.8) is 0 Å². The Bertz CT molecular complexity index is 158. The first-order valence-corrected chi connectivity index (χ1v) is 6.77. The molecule has 1 aliphatic rings. The molecule has 0 aliphatic carbocycles. The molecular weight excluding hydrogens is 202 g/mol. The lowest BCUT2D eigenvalue weighted by Crippen LogP contribution is -2.41. The fraction of sp³-hybridized carbons (Fsp3) is 1.00. The van der Waals surface area contributed by atoms with E-state index in [0.717, 1.165) is 39.4 Å². The lowest BCUT2D eigenvalue weighted by Gasteiger charge is -2.31. The van der Waals surface area contributed by atoms with Gasteiger partial charge in [-0.15, -0.1) is 0 Å². The summed E-state index contributed by atoms with van der Waals surface area (Å²) >= 11 is 0. The molecule has 0 saturated carbocycles. The summed E-state index contributed by atoms with van der Waals surface area (Å²) < 4.78 is 11.0. The predicted octanol–water partition coefficient (Wildman–Crippen LogP) is 2.21. The van der Waals surface area contributed by atoms with Gasteiger partial charge in [0.05, 0.1) is 6.61 Å². The maximum Gasteiger partial charge on any atom is 0.0509 e. The molecule has 0 spiro atoms. The summed E-state index contributed by atoms with van der Waals surface area (Å²) in [5, 5.41) is 3.64. The van der Waals surface area contributed by atoms with Crippen molar-refractivity contribution in [1.29, 1.82) is 0 Å². The maximum absolute atomic E-state index is 5.57. The molecule has 2 unspecified atom stereocenters. The maximum atomic E-state index is 5.57. The smallest absolute Gasteiger partial charge is 0.0509 e. The second-order valence-corrected chi connectivity index (χ2v) is 4.52. The van der Waals surface area contributed by atoms with Crippen LogP contribution in [0.3, 0.4) is 0 Å². The van der Waals surface area contributed by atoms with Gasteiger partial charge in [0.1, 0.15) is 0 Å². The van der Waals surface area contributed by atoms with Crippen LogP contribution in [-0.4, -0.2) is 39.0 Å². The third-order valence-corrected chi connectivity index (χ3v) is 3.20. The lowest BCUT2D eigenvalue weighted by atomic mass is 9.91. The minimum atomic E-state index is 0.576. The Morgan fingerprint density at radius 3 is 2.94 bits per heavy atom. The van der Waals surface area contributed by atoms with E-state index < -0.39 is 0 Å². The Balaban J connectivity index is 2.28. The van der Waals surface area contributed by atoms with Crippen molar-refractivity contribution in [2.45, 2.75) is 45.6 Å². The average molecular weight is 229 g/mol. The van der Waals surface area contributed by atoms with Crippen molar-refractivity contribution in [3.8, 4) is 0 Å². The molecule has 16 heavy (non-hydrogen) atoms. The zero-order valence-electron chi connectivity index (χ0n) is 10.8. The molecule has 0 aromatic heterocycles. The fourth-order valence-electron chi connectivity index (χ4n) is 2.27. The molecule has 0 radical (unpaired) electrons. The number of hydrogen-bond acceptors (Lipinski definition) is 3. The summed E-state index contributed by atoms with van der Waals surface area (Å²) in [4.78, 5) is 0. The lowest BCUT2D eigenvalue weighted by molar-refractivity contribution is 0.0313. The predicted molar refractivity (Wildman–Crippen MR) is 66.7 cm³/mol. The molecule has 0 amide bonds. The number of hydrogen-bond donors (Lipinski definition) is 1.